The van der Waals surface area contributed by atoms with Crippen LogP contribution in [0.2, 0.25) is 0 Å². The zero-order valence-electron chi connectivity index (χ0n) is 19.3. The number of fused-ring (bicyclic) bond motifs is 1. The summed E-state index contributed by atoms with van der Waals surface area (Å²) in [7, 11) is 1.84. The summed E-state index contributed by atoms with van der Waals surface area (Å²) in [5.74, 6) is 1.05. The van der Waals surface area contributed by atoms with E-state index in [1.165, 1.54) is 5.56 Å². The van der Waals surface area contributed by atoms with Gasteiger partial charge in [-0.1, -0.05) is 65.3 Å². The molecule has 0 saturated heterocycles. The van der Waals surface area contributed by atoms with E-state index in [1.54, 1.807) is 4.90 Å². The highest BCUT2D eigenvalue weighted by Gasteiger charge is 2.20. The van der Waals surface area contributed by atoms with Crippen LogP contribution in [0.25, 0.3) is 5.65 Å². The standard InChI is InChI=1S/C27H29BrN4O/c1-4-24-26(31(5-2)18-21-12-9-13-23(28)16-21)32-19-22(14-15-25(32)29-24)27(33)30(3)17-20-10-7-6-8-11-20/h6-16,19H,4-5,17-18H2,1-3H3. The molecule has 2 aromatic heterocycles. The zero-order chi connectivity index (χ0) is 23.4. The van der Waals surface area contributed by atoms with Crippen molar-refractivity contribution >= 4 is 33.3 Å². The van der Waals surface area contributed by atoms with Crippen molar-refractivity contribution in [3.8, 4) is 0 Å². The van der Waals surface area contributed by atoms with Gasteiger partial charge in [0.1, 0.15) is 11.5 Å². The number of pyridine rings is 1. The van der Waals surface area contributed by atoms with E-state index in [9.17, 15) is 4.79 Å². The molecule has 0 spiro atoms. The van der Waals surface area contributed by atoms with Crippen molar-refractivity contribution in [2.45, 2.75) is 33.4 Å². The molecule has 6 heteroatoms. The molecular weight excluding hydrogens is 476 g/mol. The summed E-state index contributed by atoms with van der Waals surface area (Å²) in [5, 5.41) is 0. The van der Waals surface area contributed by atoms with Crippen LogP contribution in [0.5, 0.6) is 0 Å². The number of rotatable bonds is 8. The van der Waals surface area contributed by atoms with Crippen LogP contribution in [0.15, 0.2) is 77.4 Å². The quantitative estimate of drug-likeness (QED) is 0.297. The van der Waals surface area contributed by atoms with Crippen molar-refractivity contribution in [2.24, 2.45) is 0 Å². The first kappa shape index (κ1) is 23.1. The van der Waals surface area contributed by atoms with E-state index in [1.807, 2.05) is 61.8 Å². The molecule has 0 aliphatic heterocycles. The van der Waals surface area contributed by atoms with E-state index in [0.29, 0.717) is 12.1 Å². The van der Waals surface area contributed by atoms with Gasteiger partial charge in [-0.2, -0.15) is 0 Å². The van der Waals surface area contributed by atoms with E-state index < -0.39 is 0 Å². The highest BCUT2D eigenvalue weighted by molar-refractivity contribution is 9.10. The maximum atomic E-state index is 13.2. The van der Waals surface area contributed by atoms with E-state index in [-0.39, 0.29) is 5.91 Å². The topological polar surface area (TPSA) is 40.9 Å². The van der Waals surface area contributed by atoms with Crippen LogP contribution in [0.1, 0.15) is 41.0 Å². The van der Waals surface area contributed by atoms with Crippen molar-refractivity contribution in [1.29, 1.82) is 0 Å². The van der Waals surface area contributed by atoms with E-state index in [4.69, 9.17) is 4.98 Å². The third kappa shape index (κ3) is 5.11. The number of aryl methyl sites for hydroxylation is 1. The highest BCUT2D eigenvalue weighted by atomic mass is 79.9. The minimum Gasteiger partial charge on any atom is -0.352 e. The van der Waals surface area contributed by atoms with Crippen LogP contribution in [-0.4, -0.2) is 33.8 Å². The Labute approximate surface area is 203 Å². The summed E-state index contributed by atoms with van der Waals surface area (Å²) in [5.41, 5.74) is 4.88. The number of aromatic nitrogens is 2. The Morgan fingerprint density at radius 1 is 0.970 bits per heavy atom. The number of carbonyl (C=O) groups excluding carboxylic acids is 1. The maximum Gasteiger partial charge on any atom is 0.255 e. The summed E-state index contributed by atoms with van der Waals surface area (Å²) in [6.07, 6.45) is 2.76. The van der Waals surface area contributed by atoms with Gasteiger partial charge in [0.15, 0.2) is 0 Å². The van der Waals surface area contributed by atoms with Crippen LogP contribution in [0.3, 0.4) is 0 Å². The number of hydrogen-bond donors (Lipinski definition) is 0. The number of benzene rings is 2. The molecule has 0 aliphatic carbocycles. The first-order valence-electron chi connectivity index (χ1n) is 11.3. The Balaban J connectivity index is 1.67. The zero-order valence-corrected chi connectivity index (χ0v) is 20.9. The lowest BCUT2D eigenvalue weighted by Crippen LogP contribution is -2.27. The summed E-state index contributed by atoms with van der Waals surface area (Å²) >= 11 is 3.58. The summed E-state index contributed by atoms with van der Waals surface area (Å²) in [4.78, 5) is 22.2. The third-order valence-electron chi connectivity index (χ3n) is 5.80. The average molecular weight is 505 g/mol. The Morgan fingerprint density at radius 3 is 2.42 bits per heavy atom. The second-order valence-corrected chi connectivity index (χ2v) is 9.09. The Kier molecular flexibility index (Phi) is 7.14. The van der Waals surface area contributed by atoms with Gasteiger partial charge in [0, 0.05) is 37.4 Å². The summed E-state index contributed by atoms with van der Waals surface area (Å²) in [6.45, 7) is 6.44. The van der Waals surface area contributed by atoms with Crippen molar-refractivity contribution in [3.05, 3.63) is 99.8 Å². The lowest BCUT2D eigenvalue weighted by molar-refractivity contribution is 0.0784. The third-order valence-corrected chi connectivity index (χ3v) is 6.29. The Bertz CT molecular complexity index is 1250. The molecule has 0 atom stereocenters. The van der Waals surface area contributed by atoms with Gasteiger partial charge in [-0.15, -0.1) is 0 Å². The molecule has 1 amide bonds. The molecule has 0 fully saturated rings. The van der Waals surface area contributed by atoms with Gasteiger partial charge in [0.2, 0.25) is 0 Å². The number of imidazole rings is 1. The van der Waals surface area contributed by atoms with Gasteiger partial charge < -0.3 is 9.80 Å². The maximum absolute atomic E-state index is 13.2. The van der Waals surface area contributed by atoms with Gasteiger partial charge in [-0.25, -0.2) is 4.98 Å². The normalized spacial score (nSPS) is 11.0. The lowest BCUT2D eigenvalue weighted by atomic mass is 10.2. The predicted molar refractivity (Wildman–Crippen MR) is 138 cm³/mol. The number of anilines is 1. The van der Waals surface area contributed by atoms with E-state index in [0.717, 1.165) is 46.7 Å². The predicted octanol–water partition coefficient (Wildman–Crippen LogP) is 5.96. The van der Waals surface area contributed by atoms with Gasteiger partial charge in [0.05, 0.1) is 11.3 Å². The second kappa shape index (κ2) is 10.2. The van der Waals surface area contributed by atoms with E-state index in [2.05, 4.69) is 57.3 Å². The molecule has 5 nitrogen and oxygen atoms in total. The monoisotopic (exact) mass is 504 g/mol. The SMILES string of the molecule is CCc1nc2ccc(C(=O)N(C)Cc3ccccc3)cn2c1N(CC)Cc1cccc(Br)c1. The van der Waals surface area contributed by atoms with Gasteiger partial charge in [-0.3, -0.25) is 9.20 Å². The van der Waals surface area contributed by atoms with Gasteiger partial charge >= 0.3 is 0 Å². The fourth-order valence-corrected chi connectivity index (χ4v) is 4.57. The van der Waals surface area contributed by atoms with E-state index >= 15 is 0 Å². The number of carbonyl (C=O) groups is 1. The first-order chi connectivity index (χ1) is 16.0. The number of halogens is 1. The van der Waals surface area contributed by atoms with Crippen molar-refractivity contribution in [3.63, 3.8) is 0 Å². The smallest absolute Gasteiger partial charge is 0.255 e. The van der Waals surface area contributed by atoms with Crippen molar-refractivity contribution in [1.82, 2.24) is 14.3 Å². The minimum absolute atomic E-state index is 0.00603. The second-order valence-electron chi connectivity index (χ2n) is 8.17. The molecule has 2 heterocycles. The Morgan fingerprint density at radius 2 is 1.73 bits per heavy atom. The van der Waals surface area contributed by atoms with Crippen LogP contribution < -0.4 is 4.90 Å². The van der Waals surface area contributed by atoms with Crippen LogP contribution in [-0.2, 0) is 19.5 Å². The fourth-order valence-electron chi connectivity index (χ4n) is 4.12. The number of hydrogen-bond acceptors (Lipinski definition) is 3. The van der Waals surface area contributed by atoms with Crippen LogP contribution in [0, 0.1) is 0 Å². The minimum atomic E-state index is -0.00603. The molecule has 0 unspecified atom stereocenters. The lowest BCUT2D eigenvalue weighted by Gasteiger charge is -2.24. The number of nitrogens with zero attached hydrogens (tertiary/aromatic N) is 4. The molecule has 0 aliphatic rings. The Hall–Kier alpha value is -3.12. The molecule has 170 valence electrons. The van der Waals surface area contributed by atoms with Gasteiger partial charge in [-0.05, 0) is 48.7 Å². The van der Waals surface area contributed by atoms with Crippen LogP contribution in [0.4, 0.5) is 5.82 Å². The van der Waals surface area contributed by atoms with Crippen molar-refractivity contribution in [2.75, 3.05) is 18.5 Å². The molecule has 33 heavy (non-hydrogen) atoms. The molecule has 0 saturated carbocycles. The average Bonchev–Trinajstić information content (AvgIpc) is 3.20. The largest absolute Gasteiger partial charge is 0.352 e. The highest BCUT2D eigenvalue weighted by Crippen LogP contribution is 2.26. The molecule has 4 aromatic rings. The molecule has 4 rings (SSSR count). The summed E-state index contributed by atoms with van der Waals surface area (Å²) in [6, 6.07) is 22.2. The molecular formula is C27H29BrN4O. The number of amides is 1. The first-order valence-corrected chi connectivity index (χ1v) is 12.1. The van der Waals surface area contributed by atoms with Crippen molar-refractivity contribution < 1.29 is 4.79 Å². The fraction of sp³-hybridized carbons (Fsp3) is 0.259. The molecule has 0 N–H and O–H groups in total. The van der Waals surface area contributed by atoms with Gasteiger partial charge in [0.25, 0.3) is 5.91 Å². The van der Waals surface area contributed by atoms with Crippen LogP contribution >= 0.6 is 15.9 Å². The molecule has 2 aromatic carbocycles. The molecule has 0 radical (unpaired) electrons. The molecule has 0 bridgehead atoms. The summed E-state index contributed by atoms with van der Waals surface area (Å²) < 4.78 is 3.14.